The molecule has 4 rings (SSSR count). The number of carbonyl (C=O) groups excluding carboxylic acids is 1. The zero-order chi connectivity index (χ0) is 19.7. The van der Waals surface area contributed by atoms with E-state index in [-0.39, 0.29) is 12.4 Å². The Kier molecular flexibility index (Phi) is 4.93. The lowest BCUT2D eigenvalue weighted by atomic mass is 10.1. The van der Waals surface area contributed by atoms with Crippen molar-refractivity contribution in [1.29, 1.82) is 0 Å². The summed E-state index contributed by atoms with van der Waals surface area (Å²) in [6, 6.07) is 9.94. The third kappa shape index (κ3) is 3.30. The van der Waals surface area contributed by atoms with Gasteiger partial charge in [0.15, 0.2) is 0 Å². The number of benzene rings is 2. The van der Waals surface area contributed by atoms with E-state index in [2.05, 4.69) is 4.99 Å². The number of carbonyl (C=O) groups is 1. The molecule has 1 fully saturated rings. The highest BCUT2D eigenvalue weighted by molar-refractivity contribution is 6.06. The Morgan fingerprint density at radius 2 is 1.39 bits per heavy atom. The fourth-order valence-corrected chi connectivity index (χ4v) is 3.59. The van der Waals surface area contributed by atoms with Gasteiger partial charge in [-0.25, -0.2) is 13.2 Å². The van der Waals surface area contributed by atoms with Gasteiger partial charge in [-0.2, -0.15) is 0 Å². The van der Waals surface area contributed by atoms with Crippen molar-refractivity contribution in [3.8, 4) is 0 Å². The van der Waals surface area contributed by atoms with Crippen LogP contribution in [0.4, 0.5) is 18.9 Å². The zero-order valence-electron chi connectivity index (χ0n) is 15.1. The molecule has 2 aromatic rings. The first-order chi connectivity index (χ1) is 13.6. The fourth-order valence-electron chi connectivity index (χ4n) is 3.59. The van der Waals surface area contributed by atoms with Gasteiger partial charge < -0.3 is 9.80 Å². The molecule has 0 saturated carbocycles. The van der Waals surface area contributed by atoms with Crippen LogP contribution in [0, 0.1) is 17.5 Å². The Morgan fingerprint density at radius 1 is 0.786 bits per heavy atom. The van der Waals surface area contributed by atoms with E-state index in [9.17, 15) is 18.0 Å². The van der Waals surface area contributed by atoms with Gasteiger partial charge in [0.05, 0.1) is 12.2 Å². The minimum Gasteiger partial charge on any atom is -0.366 e. The Hall–Kier alpha value is -3.03. The number of amides is 1. The highest BCUT2D eigenvalue weighted by atomic mass is 19.1. The summed E-state index contributed by atoms with van der Waals surface area (Å²) in [6.45, 7) is 2.81. The largest absolute Gasteiger partial charge is 0.366 e. The van der Waals surface area contributed by atoms with E-state index >= 15 is 0 Å². The number of halogens is 3. The number of piperazine rings is 1. The van der Waals surface area contributed by atoms with E-state index in [0.29, 0.717) is 44.4 Å². The van der Waals surface area contributed by atoms with Gasteiger partial charge in [-0.3, -0.25) is 14.7 Å². The summed E-state index contributed by atoms with van der Waals surface area (Å²) in [5.74, 6) is -2.37. The van der Waals surface area contributed by atoms with Crippen LogP contribution in [0.25, 0.3) is 0 Å². The first-order valence-electron chi connectivity index (χ1n) is 9.11. The minimum atomic E-state index is -0.888. The summed E-state index contributed by atoms with van der Waals surface area (Å²) in [6.07, 6.45) is 0. The molecule has 2 aromatic carbocycles. The summed E-state index contributed by atoms with van der Waals surface area (Å²) in [5.41, 5.74) is -0.0287. The van der Waals surface area contributed by atoms with E-state index in [1.165, 1.54) is 17.0 Å². The molecule has 2 aliphatic heterocycles. The molecule has 5 nitrogen and oxygen atoms in total. The van der Waals surface area contributed by atoms with Gasteiger partial charge in [0.25, 0.3) is 5.91 Å². The van der Waals surface area contributed by atoms with Crippen molar-refractivity contribution in [1.82, 2.24) is 9.80 Å². The molecule has 2 heterocycles. The van der Waals surface area contributed by atoms with Crippen LogP contribution < -0.4 is 4.90 Å². The van der Waals surface area contributed by atoms with Gasteiger partial charge >= 0.3 is 0 Å². The summed E-state index contributed by atoms with van der Waals surface area (Å²) < 4.78 is 42.0. The molecule has 0 atom stereocenters. The highest BCUT2D eigenvalue weighted by Gasteiger charge is 2.33. The monoisotopic (exact) mass is 388 g/mol. The molecule has 8 heteroatoms. The Labute approximate surface area is 160 Å². The summed E-state index contributed by atoms with van der Waals surface area (Å²) in [5, 5.41) is 0. The molecule has 146 valence electrons. The average Bonchev–Trinajstić information content (AvgIpc) is 3.18. The predicted octanol–water partition coefficient (Wildman–Crippen LogP) is 2.74. The number of rotatable bonds is 2. The number of hydrogen-bond donors (Lipinski definition) is 0. The molecule has 1 amide bonds. The number of aliphatic imine (C=N–C) groups is 1. The SMILES string of the molecule is O=C(c1c(F)cccc1F)N1CCN=C1N1CCN(c2ccccc2F)CC1. The maximum absolute atomic E-state index is 14.0. The topological polar surface area (TPSA) is 39.2 Å². The van der Waals surface area contributed by atoms with E-state index in [1.807, 2.05) is 9.80 Å². The first-order valence-corrected chi connectivity index (χ1v) is 9.11. The van der Waals surface area contributed by atoms with E-state index in [4.69, 9.17) is 0 Å². The number of guanidine groups is 1. The molecular formula is C20H19F3N4O. The molecule has 0 radical (unpaired) electrons. The lowest BCUT2D eigenvalue weighted by molar-refractivity contribution is 0.0833. The second kappa shape index (κ2) is 7.53. The van der Waals surface area contributed by atoms with Gasteiger partial charge in [-0.1, -0.05) is 18.2 Å². The number of para-hydroxylation sites is 1. The van der Waals surface area contributed by atoms with E-state index in [1.54, 1.807) is 18.2 Å². The number of nitrogens with zero attached hydrogens (tertiary/aromatic N) is 4. The zero-order valence-corrected chi connectivity index (χ0v) is 15.1. The molecular weight excluding hydrogens is 369 g/mol. The van der Waals surface area contributed by atoms with Crippen LogP contribution in [0.1, 0.15) is 10.4 Å². The molecule has 1 saturated heterocycles. The Balaban J connectivity index is 1.48. The van der Waals surface area contributed by atoms with Crippen molar-refractivity contribution in [2.75, 3.05) is 44.2 Å². The summed E-state index contributed by atoms with van der Waals surface area (Å²) >= 11 is 0. The Bertz CT molecular complexity index is 905. The van der Waals surface area contributed by atoms with E-state index < -0.39 is 23.1 Å². The molecule has 0 bridgehead atoms. The maximum atomic E-state index is 14.0. The van der Waals surface area contributed by atoms with Gasteiger partial charge in [0.2, 0.25) is 5.96 Å². The predicted molar refractivity (Wildman–Crippen MR) is 99.9 cm³/mol. The van der Waals surface area contributed by atoms with Crippen LogP contribution in [0.15, 0.2) is 47.5 Å². The molecule has 2 aliphatic rings. The van der Waals surface area contributed by atoms with E-state index in [0.717, 1.165) is 12.1 Å². The lowest BCUT2D eigenvalue weighted by Gasteiger charge is -2.38. The molecule has 28 heavy (non-hydrogen) atoms. The van der Waals surface area contributed by atoms with Crippen molar-refractivity contribution in [2.24, 2.45) is 4.99 Å². The summed E-state index contributed by atoms with van der Waals surface area (Å²) in [4.78, 5) is 22.3. The van der Waals surface area contributed by atoms with Gasteiger partial charge in [0.1, 0.15) is 23.0 Å². The normalized spacial score (nSPS) is 17.1. The standard InChI is InChI=1S/C20H19F3N4O/c21-14-4-1-2-7-17(14)25-10-12-26(13-11-25)20-24-8-9-27(20)19(28)18-15(22)5-3-6-16(18)23/h1-7H,8-13H2. The van der Waals surface area contributed by atoms with Gasteiger partial charge in [-0.05, 0) is 24.3 Å². The molecule has 0 aromatic heterocycles. The van der Waals surface area contributed by atoms with Crippen LogP contribution in [-0.4, -0.2) is 60.9 Å². The van der Waals surface area contributed by atoms with Crippen molar-refractivity contribution < 1.29 is 18.0 Å². The molecule has 0 aliphatic carbocycles. The second-order valence-electron chi connectivity index (χ2n) is 6.66. The van der Waals surface area contributed by atoms with Crippen LogP contribution >= 0.6 is 0 Å². The van der Waals surface area contributed by atoms with Crippen molar-refractivity contribution in [3.63, 3.8) is 0 Å². The lowest BCUT2D eigenvalue weighted by Crippen LogP contribution is -2.53. The molecule has 0 N–H and O–H groups in total. The van der Waals surface area contributed by atoms with Crippen LogP contribution in [0.5, 0.6) is 0 Å². The third-order valence-corrected chi connectivity index (χ3v) is 5.00. The van der Waals surface area contributed by atoms with Crippen LogP contribution in [-0.2, 0) is 0 Å². The van der Waals surface area contributed by atoms with Crippen LogP contribution in [0.3, 0.4) is 0 Å². The van der Waals surface area contributed by atoms with Crippen molar-refractivity contribution >= 4 is 17.6 Å². The second-order valence-corrected chi connectivity index (χ2v) is 6.66. The van der Waals surface area contributed by atoms with Crippen molar-refractivity contribution in [3.05, 3.63) is 65.5 Å². The fraction of sp³-hybridized carbons (Fsp3) is 0.300. The highest BCUT2D eigenvalue weighted by Crippen LogP contribution is 2.22. The Morgan fingerprint density at radius 3 is 2.07 bits per heavy atom. The number of anilines is 1. The van der Waals surface area contributed by atoms with Crippen LogP contribution in [0.2, 0.25) is 0 Å². The van der Waals surface area contributed by atoms with Gasteiger partial charge in [-0.15, -0.1) is 0 Å². The maximum Gasteiger partial charge on any atom is 0.266 e. The smallest absolute Gasteiger partial charge is 0.266 e. The van der Waals surface area contributed by atoms with Crippen molar-refractivity contribution in [2.45, 2.75) is 0 Å². The number of hydrogen-bond acceptors (Lipinski definition) is 4. The third-order valence-electron chi connectivity index (χ3n) is 5.00. The summed E-state index contributed by atoms with van der Waals surface area (Å²) in [7, 11) is 0. The molecule has 0 spiro atoms. The molecule has 0 unspecified atom stereocenters. The van der Waals surface area contributed by atoms with Gasteiger partial charge in [0, 0.05) is 32.7 Å². The quantitative estimate of drug-likeness (QED) is 0.794. The average molecular weight is 388 g/mol. The first kappa shape index (κ1) is 18.3. The minimum absolute atomic E-state index is 0.273.